The normalized spacial score (nSPS) is 15.6. The van der Waals surface area contributed by atoms with Crippen LogP contribution in [0.15, 0.2) is 23.6 Å². The molecule has 4 heteroatoms. The van der Waals surface area contributed by atoms with Crippen LogP contribution in [-0.2, 0) is 4.43 Å². The first-order valence-electron chi connectivity index (χ1n) is 8.32. The molecule has 124 valence electrons. The standard InChI is InChI=1S/C18H31NOSSi/c1-8-14(5)18(20-22(9-2,10-3)11-4)15(6)12-17-13-21-16(7)19-17/h8,12-14,18H,1,9-11H2,2-7H3/t14-,18-/m0/s1. The largest absolute Gasteiger partial charge is 0.410 e. The van der Waals surface area contributed by atoms with Gasteiger partial charge in [-0.3, -0.25) is 0 Å². The van der Waals surface area contributed by atoms with Crippen LogP contribution in [0.3, 0.4) is 0 Å². The predicted molar refractivity (Wildman–Crippen MR) is 102 cm³/mol. The van der Waals surface area contributed by atoms with Gasteiger partial charge in [-0.2, -0.15) is 0 Å². The molecule has 1 aromatic heterocycles. The van der Waals surface area contributed by atoms with Gasteiger partial charge in [-0.25, -0.2) is 4.98 Å². The summed E-state index contributed by atoms with van der Waals surface area (Å²) in [5, 5.41) is 3.21. The van der Waals surface area contributed by atoms with Crippen LogP contribution in [0.1, 0.15) is 45.3 Å². The summed E-state index contributed by atoms with van der Waals surface area (Å²) in [4.78, 5) is 4.55. The highest BCUT2D eigenvalue weighted by Crippen LogP contribution is 2.30. The molecule has 0 amide bonds. The molecule has 2 nitrogen and oxygen atoms in total. The van der Waals surface area contributed by atoms with E-state index in [1.807, 2.05) is 13.0 Å². The van der Waals surface area contributed by atoms with E-state index in [1.165, 1.54) is 23.7 Å². The fourth-order valence-electron chi connectivity index (χ4n) is 2.77. The lowest BCUT2D eigenvalue weighted by atomic mass is 9.98. The van der Waals surface area contributed by atoms with Crippen molar-refractivity contribution in [1.29, 1.82) is 0 Å². The molecule has 1 rings (SSSR count). The van der Waals surface area contributed by atoms with Gasteiger partial charge in [0.25, 0.3) is 0 Å². The van der Waals surface area contributed by atoms with Crippen LogP contribution < -0.4 is 0 Å². The van der Waals surface area contributed by atoms with Gasteiger partial charge in [0.2, 0.25) is 0 Å². The van der Waals surface area contributed by atoms with Gasteiger partial charge in [0.15, 0.2) is 8.32 Å². The average molecular weight is 338 g/mol. The lowest BCUT2D eigenvalue weighted by Gasteiger charge is -2.36. The third-order valence-electron chi connectivity index (χ3n) is 4.62. The monoisotopic (exact) mass is 337 g/mol. The summed E-state index contributed by atoms with van der Waals surface area (Å²) < 4.78 is 6.75. The lowest BCUT2D eigenvalue weighted by molar-refractivity contribution is 0.185. The summed E-state index contributed by atoms with van der Waals surface area (Å²) in [5.41, 5.74) is 2.30. The molecular formula is C18H31NOSSi. The maximum absolute atomic E-state index is 6.75. The minimum absolute atomic E-state index is 0.117. The first kappa shape index (κ1) is 19.3. The van der Waals surface area contributed by atoms with Gasteiger partial charge >= 0.3 is 0 Å². The Morgan fingerprint density at radius 3 is 2.36 bits per heavy atom. The van der Waals surface area contributed by atoms with Crippen LogP contribution in [0.5, 0.6) is 0 Å². The summed E-state index contributed by atoms with van der Waals surface area (Å²) in [7, 11) is -1.64. The molecule has 1 heterocycles. The summed E-state index contributed by atoms with van der Waals surface area (Å²) in [6, 6.07) is 3.51. The first-order chi connectivity index (χ1) is 10.4. The van der Waals surface area contributed by atoms with Crippen molar-refractivity contribution >= 4 is 25.7 Å². The molecule has 0 saturated carbocycles. The van der Waals surface area contributed by atoms with E-state index in [0.717, 1.165) is 10.7 Å². The van der Waals surface area contributed by atoms with E-state index >= 15 is 0 Å². The second-order valence-electron chi connectivity index (χ2n) is 6.06. The SMILES string of the molecule is C=C[C@H](C)[C@H](O[Si](CC)(CC)CC)C(C)=Cc1csc(C)n1. The zero-order valence-corrected chi connectivity index (χ0v) is 16.8. The van der Waals surface area contributed by atoms with Crippen molar-refractivity contribution < 1.29 is 4.43 Å². The second-order valence-corrected chi connectivity index (χ2v) is 11.8. The Morgan fingerprint density at radius 2 is 1.95 bits per heavy atom. The molecule has 2 atom stereocenters. The van der Waals surface area contributed by atoms with Crippen LogP contribution >= 0.6 is 11.3 Å². The Labute approximate surface area is 141 Å². The van der Waals surface area contributed by atoms with E-state index in [9.17, 15) is 0 Å². The van der Waals surface area contributed by atoms with E-state index in [2.05, 4.69) is 57.6 Å². The Bertz CT molecular complexity index is 497. The zero-order chi connectivity index (χ0) is 16.8. The molecule has 0 bridgehead atoms. The van der Waals surface area contributed by atoms with E-state index in [4.69, 9.17) is 4.43 Å². The number of rotatable bonds is 9. The Hall–Kier alpha value is -0.713. The molecule has 0 fully saturated rings. The van der Waals surface area contributed by atoms with Gasteiger partial charge in [-0.1, -0.05) is 33.8 Å². The average Bonchev–Trinajstić information content (AvgIpc) is 2.93. The maximum Gasteiger partial charge on any atom is 0.192 e. The molecule has 0 aliphatic carbocycles. The van der Waals surface area contributed by atoms with Crippen LogP contribution in [0.2, 0.25) is 18.1 Å². The molecule has 0 radical (unpaired) electrons. The number of aryl methyl sites for hydroxylation is 1. The van der Waals surface area contributed by atoms with Gasteiger partial charge in [0.1, 0.15) is 0 Å². The number of hydrogen-bond acceptors (Lipinski definition) is 3. The minimum atomic E-state index is -1.64. The minimum Gasteiger partial charge on any atom is -0.410 e. The van der Waals surface area contributed by atoms with Crippen molar-refractivity contribution in [1.82, 2.24) is 4.98 Å². The third-order valence-corrected chi connectivity index (χ3v) is 10.0. The van der Waals surface area contributed by atoms with Crippen LogP contribution in [-0.4, -0.2) is 19.4 Å². The fraction of sp³-hybridized carbons (Fsp3) is 0.611. The molecular weight excluding hydrogens is 306 g/mol. The van der Waals surface area contributed by atoms with Gasteiger partial charge in [0.05, 0.1) is 16.8 Å². The van der Waals surface area contributed by atoms with Crippen molar-refractivity contribution in [2.24, 2.45) is 5.92 Å². The van der Waals surface area contributed by atoms with Crippen LogP contribution in [0.4, 0.5) is 0 Å². The maximum atomic E-state index is 6.75. The van der Waals surface area contributed by atoms with Crippen molar-refractivity contribution in [3.8, 4) is 0 Å². The fourth-order valence-corrected chi connectivity index (χ4v) is 6.28. The van der Waals surface area contributed by atoms with Crippen molar-refractivity contribution in [3.63, 3.8) is 0 Å². The third kappa shape index (κ3) is 4.90. The van der Waals surface area contributed by atoms with Gasteiger partial charge in [-0.15, -0.1) is 17.9 Å². The van der Waals surface area contributed by atoms with Gasteiger partial charge in [-0.05, 0) is 43.6 Å². The molecule has 22 heavy (non-hydrogen) atoms. The Morgan fingerprint density at radius 1 is 1.36 bits per heavy atom. The van der Waals surface area contributed by atoms with Gasteiger partial charge < -0.3 is 4.43 Å². The lowest BCUT2D eigenvalue weighted by Crippen LogP contribution is -2.42. The zero-order valence-electron chi connectivity index (χ0n) is 15.0. The van der Waals surface area contributed by atoms with E-state index in [-0.39, 0.29) is 6.10 Å². The summed E-state index contributed by atoms with van der Waals surface area (Å²) in [5.74, 6) is 0.313. The predicted octanol–water partition coefficient (Wildman–Crippen LogP) is 6.07. The van der Waals surface area contributed by atoms with Gasteiger partial charge in [0, 0.05) is 11.3 Å². The number of nitrogens with zero attached hydrogens (tertiary/aromatic N) is 1. The Kier molecular flexibility index (Phi) is 7.73. The molecule has 0 spiro atoms. The van der Waals surface area contributed by atoms with E-state index in [1.54, 1.807) is 11.3 Å². The smallest absolute Gasteiger partial charge is 0.192 e. The highest BCUT2D eigenvalue weighted by atomic mass is 32.1. The first-order valence-corrected chi connectivity index (χ1v) is 11.7. The highest BCUT2D eigenvalue weighted by Gasteiger charge is 2.33. The number of thiazole rings is 1. The summed E-state index contributed by atoms with van der Waals surface area (Å²) in [6.45, 7) is 17.2. The Balaban J connectivity index is 3.06. The highest BCUT2D eigenvalue weighted by molar-refractivity contribution is 7.09. The van der Waals surface area contributed by atoms with Crippen molar-refractivity contribution in [2.75, 3.05) is 0 Å². The quantitative estimate of drug-likeness (QED) is 0.403. The second kappa shape index (κ2) is 8.80. The number of aromatic nitrogens is 1. The van der Waals surface area contributed by atoms with Crippen LogP contribution in [0.25, 0.3) is 6.08 Å². The molecule has 0 unspecified atom stereocenters. The van der Waals surface area contributed by atoms with E-state index in [0.29, 0.717) is 5.92 Å². The molecule has 0 aromatic carbocycles. The molecule has 0 N–H and O–H groups in total. The molecule has 0 saturated heterocycles. The molecule has 0 aliphatic rings. The topological polar surface area (TPSA) is 22.1 Å². The van der Waals surface area contributed by atoms with Crippen molar-refractivity contribution in [3.05, 3.63) is 34.3 Å². The van der Waals surface area contributed by atoms with E-state index < -0.39 is 8.32 Å². The van der Waals surface area contributed by atoms with Crippen molar-refractivity contribution in [2.45, 2.75) is 65.8 Å². The number of hydrogen-bond donors (Lipinski definition) is 0. The molecule has 0 aliphatic heterocycles. The summed E-state index contributed by atoms with van der Waals surface area (Å²) >= 11 is 1.69. The summed E-state index contributed by atoms with van der Waals surface area (Å²) in [6.07, 6.45) is 4.30. The van der Waals surface area contributed by atoms with Crippen LogP contribution in [0, 0.1) is 12.8 Å². The molecule has 1 aromatic rings.